The molecule has 0 amide bonds. The smallest absolute Gasteiger partial charge is 0.203 e. The molecular weight excluding hydrogens is 334 g/mol. The van der Waals surface area contributed by atoms with Crippen molar-refractivity contribution in [1.82, 2.24) is 15.0 Å². The summed E-state index contributed by atoms with van der Waals surface area (Å²) in [7, 11) is 4.70. The highest BCUT2D eigenvalue weighted by atomic mass is 16.5. The van der Waals surface area contributed by atoms with Gasteiger partial charge in [0.25, 0.3) is 0 Å². The molecule has 0 aliphatic carbocycles. The fourth-order valence-electron chi connectivity index (χ4n) is 2.36. The molecule has 0 atom stereocenters. The summed E-state index contributed by atoms with van der Waals surface area (Å²) in [6.07, 6.45) is 3.17. The van der Waals surface area contributed by atoms with Gasteiger partial charge in [-0.25, -0.2) is 15.0 Å². The van der Waals surface area contributed by atoms with Gasteiger partial charge in [0.15, 0.2) is 11.5 Å². The summed E-state index contributed by atoms with van der Waals surface area (Å²) in [6, 6.07) is 11.0. The fraction of sp³-hybridized carbons (Fsp3) is 0.167. The summed E-state index contributed by atoms with van der Waals surface area (Å²) in [4.78, 5) is 12.6. The summed E-state index contributed by atoms with van der Waals surface area (Å²) < 4.78 is 16.1. The molecule has 2 heterocycles. The van der Waals surface area contributed by atoms with E-state index in [9.17, 15) is 0 Å². The number of hydrogen-bond donors (Lipinski definition) is 2. The Balaban J connectivity index is 1.84. The summed E-state index contributed by atoms with van der Waals surface area (Å²) in [6.45, 7) is 0. The Bertz CT molecular complexity index is 849. The average Bonchev–Trinajstić information content (AvgIpc) is 2.68. The van der Waals surface area contributed by atoms with E-state index in [0.29, 0.717) is 34.7 Å². The van der Waals surface area contributed by atoms with Crippen LogP contribution in [0, 0.1) is 0 Å². The van der Waals surface area contributed by atoms with Gasteiger partial charge in [0.2, 0.25) is 5.75 Å². The molecule has 2 N–H and O–H groups in total. The van der Waals surface area contributed by atoms with E-state index in [1.165, 1.54) is 6.33 Å². The van der Waals surface area contributed by atoms with Crippen LogP contribution >= 0.6 is 0 Å². The van der Waals surface area contributed by atoms with Crippen LogP contribution in [-0.2, 0) is 0 Å². The zero-order chi connectivity index (χ0) is 18.4. The molecule has 0 radical (unpaired) electrons. The number of nitrogens with one attached hydrogen (secondary N) is 2. The largest absolute Gasteiger partial charge is 0.493 e. The number of nitrogens with zero attached hydrogens (tertiary/aromatic N) is 3. The minimum atomic E-state index is 0.528. The first kappa shape index (κ1) is 17.3. The van der Waals surface area contributed by atoms with Gasteiger partial charge in [-0.05, 0) is 12.1 Å². The van der Waals surface area contributed by atoms with Gasteiger partial charge < -0.3 is 24.8 Å². The minimum Gasteiger partial charge on any atom is -0.493 e. The maximum Gasteiger partial charge on any atom is 0.203 e. The lowest BCUT2D eigenvalue weighted by Gasteiger charge is -2.15. The van der Waals surface area contributed by atoms with Crippen LogP contribution in [0.15, 0.2) is 48.9 Å². The number of aromatic nitrogens is 3. The van der Waals surface area contributed by atoms with Crippen molar-refractivity contribution >= 4 is 23.1 Å². The lowest BCUT2D eigenvalue weighted by Crippen LogP contribution is -2.01. The summed E-state index contributed by atoms with van der Waals surface area (Å²) >= 11 is 0. The summed E-state index contributed by atoms with van der Waals surface area (Å²) in [5, 5.41) is 6.33. The number of rotatable bonds is 7. The number of ether oxygens (including phenoxy) is 3. The number of hydrogen-bond acceptors (Lipinski definition) is 8. The average molecular weight is 353 g/mol. The molecule has 0 aliphatic heterocycles. The predicted octanol–water partition coefficient (Wildman–Crippen LogP) is 3.38. The predicted molar refractivity (Wildman–Crippen MR) is 98.9 cm³/mol. The van der Waals surface area contributed by atoms with Gasteiger partial charge in [-0.1, -0.05) is 6.07 Å². The molecule has 0 unspecified atom stereocenters. The van der Waals surface area contributed by atoms with Gasteiger partial charge in [0.1, 0.15) is 23.8 Å². The summed E-state index contributed by atoms with van der Waals surface area (Å²) in [5.41, 5.74) is 0.738. The molecule has 0 aliphatic rings. The van der Waals surface area contributed by atoms with E-state index in [4.69, 9.17) is 14.2 Å². The molecule has 3 rings (SSSR count). The molecule has 8 heteroatoms. The second kappa shape index (κ2) is 8.02. The standard InChI is InChI=1S/C18H19N5O3/c1-24-13-8-12(9-14(25-2)18(13)26-3)22-16-10-17(21-11-20-16)23-15-6-4-5-7-19-15/h4-11H,1-3H3,(H2,19,20,21,22,23). The van der Waals surface area contributed by atoms with Crippen LogP contribution in [0.3, 0.4) is 0 Å². The van der Waals surface area contributed by atoms with Crippen LogP contribution < -0.4 is 24.8 Å². The van der Waals surface area contributed by atoms with Gasteiger partial charge >= 0.3 is 0 Å². The van der Waals surface area contributed by atoms with E-state index in [0.717, 1.165) is 5.69 Å². The van der Waals surface area contributed by atoms with Gasteiger partial charge in [0.05, 0.1) is 21.3 Å². The highest BCUT2D eigenvalue weighted by Crippen LogP contribution is 2.40. The Morgan fingerprint density at radius 2 is 1.42 bits per heavy atom. The molecule has 3 aromatic rings. The van der Waals surface area contributed by atoms with Crippen molar-refractivity contribution in [1.29, 1.82) is 0 Å². The van der Waals surface area contributed by atoms with Crippen molar-refractivity contribution in [2.45, 2.75) is 0 Å². The van der Waals surface area contributed by atoms with Crippen LogP contribution in [0.5, 0.6) is 17.2 Å². The van der Waals surface area contributed by atoms with E-state index in [1.54, 1.807) is 45.7 Å². The molecule has 2 aromatic heterocycles. The van der Waals surface area contributed by atoms with Crippen molar-refractivity contribution in [2.24, 2.45) is 0 Å². The topological polar surface area (TPSA) is 90.4 Å². The lowest BCUT2D eigenvalue weighted by atomic mass is 10.2. The zero-order valence-corrected chi connectivity index (χ0v) is 14.7. The van der Waals surface area contributed by atoms with Crippen LogP contribution in [0.1, 0.15) is 0 Å². The molecule has 0 spiro atoms. The quantitative estimate of drug-likeness (QED) is 0.668. The van der Waals surface area contributed by atoms with Crippen LogP contribution in [0.25, 0.3) is 0 Å². The maximum atomic E-state index is 5.36. The maximum absolute atomic E-state index is 5.36. The first-order valence-electron chi connectivity index (χ1n) is 7.80. The van der Waals surface area contributed by atoms with Crippen LogP contribution in [0.2, 0.25) is 0 Å². The van der Waals surface area contributed by atoms with Crippen molar-refractivity contribution in [3.05, 3.63) is 48.9 Å². The third kappa shape index (κ3) is 3.92. The monoisotopic (exact) mass is 353 g/mol. The first-order chi connectivity index (χ1) is 12.7. The molecule has 0 saturated carbocycles. The third-order valence-corrected chi connectivity index (χ3v) is 3.53. The minimum absolute atomic E-state index is 0.528. The second-order valence-corrected chi connectivity index (χ2v) is 5.17. The van der Waals surface area contributed by atoms with E-state index < -0.39 is 0 Å². The first-order valence-corrected chi connectivity index (χ1v) is 7.80. The van der Waals surface area contributed by atoms with Gasteiger partial charge in [-0.15, -0.1) is 0 Å². The van der Waals surface area contributed by atoms with Crippen molar-refractivity contribution in [3.8, 4) is 17.2 Å². The zero-order valence-electron chi connectivity index (χ0n) is 14.7. The van der Waals surface area contributed by atoms with Crippen LogP contribution in [0.4, 0.5) is 23.1 Å². The van der Waals surface area contributed by atoms with Crippen LogP contribution in [-0.4, -0.2) is 36.3 Å². The fourth-order valence-corrected chi connectivity index (χ4v) is 2.36. The van der Waals surface area contributed by atoms with Gasteiger partial charge in [0, 0.05) is 30.1 Å². The molecule has 1 aromatic carbocycles. The Hall–Kier alpha value is -3.55. The number of benzene rings is 1. The molecule has 0 fully saturated rings. The number of anilines is 4. The Morgan fingerprint density at radius 3 is 2.00 bits per heavy atom. The normalized spacial score (nSPS) is 10.1. The van der Waals surface area contributed by atoms with Gasteiger partial charge in [-0.2, -0.15) is 0 Å². The van der Waals surface area contributed by atoms with Crippen molar-refractivity contribution < 1.29 is 14.2 Å². The Morgan fingerprint density at radius 1 is 0.731 bits per heavy atom. The SMILES string of the molecule is COc1cc(Nc2cc(Nc3ccccn3)ncn2)cc(OC)c1OC. The second-order valence-electron chi connectivity index (χ2n) is 5.17. The molecular formula is C18H19N5O3. The van der Waals surface area contributed by atoms with E-state index >= 15 is 0 Å². The Labute approximate surface area is 151 Å². The molecule has 0 saturated heterocycles. The van der Waals surface area contributed by atoms with E-state index in [2.05, 4.69) is 25.6 Å². The molecule has 8 nitrogen and oxygen atoms in total. The molecule has 0 bridgehead atoms. The van der Waals surface area contributed by atoms with E-state index in [1.807, 2.05) is 18.2 Å². The highest BCUT2D eigenvalue weighted by molar-refractivity contribution is 5.68. The highest BCUT2D eigenvalue weighted by Gasteiger charge is 2.13. The molecule has 26 heavy (non-hydrogen) atoms. The molecule has 134 valence electrons. The summed E-state index contributed by atoms with van der Waals surface area (Å²) in [5.74, 6) is 3.55. The number of pyridine rings is 1. The van der Waals surface area contributed by atoms with Crippen molar-refractivity contribution in [2.75, 3.05) is 32.0 Å². The Kier molecular flexibility index (Phi) is 5.33. The third-order valence-electron chi connectivity index (χ3n) is 3.53. The van der Waals surface area contributed by atoms with Crippen molar-refractivity contribution in [3.63, 3.8) is 0 Å². The van der Waals surface area contributed by atoms with Gasteiger partial charge in [-0.3, -0.25) is 0 Å². The van der Waals surface area contributed by atoms with E-state index in [-0.39, 0.29) is 0 Å². The number of methoxy groups -OCH3 is 3. The lowest BCUT2D eigenvalue weighted by molar-refractivity contribution is 0.324.